The maximum atomic E-state index is 13.8. The molecule has 1 aliphatic heterocycles. The van der Waals surface area contributed by atoms with Crippen molar-refractivity contribution in [3.8, 4) is 11.5 Å². The van der Waals surface area contributed by atoms with Gasteiger partial charge in [-0.15, -0.1) is 11.3 Å². The quantitative estimate of drug-likeness (QED) is 0.219. The highest BCUT2D eigenvalue weighted by Crippen LogP contribution is 2.44. The second-order valence-corrected chi connectivity index (χ2v) is 11.4. The molecule has 5 heteroatoms. The lowest BCUT2D eigenvalue weighted by Gasteiger charge is -2.21. The van der Waals surface area contributed by atoms with Crippen LogP contribution in [0.5, 0.6) is 11.5 Å². The molecule has 0 spiro atoms. The second-order valence-electron chi connectivity index (χ2n) is 10.3. The average Bonchev–Trinajstić information content (AvgIpc) is 3.11. The zero-order chi connectivity index (χ0) is 24.7. The Bertz CT molecular complexity index is 1140. The van der Waals surface area contributed by atoms with Gasteiger partial charge in [0.25, 0.3) is 0 Å². The van der Waals surface area contributed by atoms with Crippen LogP contribution in [0.4, 0.5) is 0 Å². The van der Waals surface area contributed by atoms with Crippen molar-refractivity contribution in [2.45, 2.75) is 70.1 Å². The van der Waals surface area contributed by atoms with Gasteiger partial charge >= 0.3 is 0 Å². The minimum absolute atomic E-state index is 0.125. The zero-order valence-electron chi connectivity index (χ0n) is 21.6. The highest BCUT2D eigenvalue weighted by atomic mass is 32.1. The number of hydrogen-bond donors (Lipinski definition) is 0. The number of nitrogens with zero attached hydrogens (tertiary/aromatic N) is 1. The molecule has 5 rings (SSSR count). The number of hydrogen-bond acceptors (Lipinski definition) is 5. The Hall–Kier alpha value is -2.37. The molecule has 2 fully saturated rings. The summed E-state index contributed by atoms with van der Waals surface area (Å²) in [6.45, 7) is 4.27. The molecule has 4 nitrogen and oxygen atoms in total. The Kier molecular flexibility index (Phi) is 8.60. The Balaban J connectivity index is 1.28. The van der Waals surface area contributed by atoms with Crippen molar-refractivity contribution in [3.05, 3.63) is 58.5 Å². The number of rotatable bonds is 9. The highest BCUT2D eigenvalue weighted by Gasteiger charge is 2.27. The Morgan fingerprint density at radius 3 is 2.33 bits per heavy atom. The van der Waals surface area contributed by atoms with Crippen LogP contribution in [0.2, 0.25) is 0 Å². The first-order valence-electron chi connectivity index (χ1n) is 13.8. The number of ether oxygens (including phenoxy) is 2. The summed E-state index contributed by atoms with van der Waals surface area (Å²) < 4.78 is 12.6. The van der Waals surface area contributed by atoms with Crippen LogP contribution in [0.25, 0.3) is 10.1 Å². The van der Waals surface area contributed by atoms with E-state index >= 15 is 0 Å². The van der Waals surface area contributed by atoms with Crippen LogP contribution in [0.3, 0.4) is 0 Å². The van der Waals surface area contributed by atoms with Gasteiger partial charge in [-0.1, -0.05) is 32.1 Å². The Morgan fingerprint density at radius 1 is 0.917 bits per heavy atom. The van der Waals surface area contributed by atoms with Crippen molar-refractivity contribution in [3.63, 3.8) is 0 Å². The fourth-order valence-electron chi connectivity index (χ4n) is 5.79. The molecule has 0 N–H and O–H groups in total. The lowest BCUT2D eigenvalue weighted by Crippen LogP contribution is -2.26. The molecule has 0 radical (unpaired) electrons. The number of ketones is 1. The summed E-state index contributed by atoms with van der Waals surface area (Å²) in [5, 5.41) is 1.06. The van der Waals surface area contributed by atoms with Crippen molar-refractivity contribution in [1.82, 2.24) is 4.90 Å². The Labute approximate surface area is 219 Å². The Morgan fingerprint density at radius 2 is 1.61 bits per heavy atom. The molecular formula is C31H39NO3S. The predicted molar refractivity (Wildman–Crippen MR) is 149 cm³/mol. The van der Waals surface area contributed by atoms with Gasteiger partial charge in [-0.3, -0.25) is 4.79 Å². The number of fused-ring (bicyclic) bond motifs is 1. The summed E-state index contributed by atoms with van der Waals surface area (Å²) in [5.74, 6) is 2.29. The molecule has 1 saturated carbocycles. The lowest BCUT2D eigenvalue weighted by molar-refractivity contribution is 0.103. The van der Waals surface area contributed by atoms with Gasteiger partial charge in [0.05, 0.1) is 13.7 Å². The van der Waals surface area contributed by atoms with Crippen LogP contribution in [-0.2, 0) is 0 Å². The third-order valence-electron chi connectivity index (χ3n) is 7.83. The lowest BCUT2D eigenvalue weighted by atomic mass is 9.85. The summed E-state index contributed by atoms with van der Waals surface area (Å²) in [6, 6.07) is 13.9. The van der Waals surface area contributed by atoms with Crippen molar-refractivity contribution >= 4 is 27.2 Å². The summed E-state index contributed by atoms with van der Waals surface area (Å²) in [5.41, 5.74) is 1.63. The number of methoxy groups -OCH3 is 1. The van der Waals surface area contributed by atoms with E-state index in [1.807, 2.05) is 30.3 Å². The number of carbonyl (C=O) groups excluding carboxylic acids is 1. The van der Waals surface area contributed by atoms with Gasteiger partial charge in [0.1, 0.15) is 11.5 Å². The third-order valence-corrected chi connectivity index (χ3v) is 9.15. The summed E-state index contributed by atoms with van der Waals surface area (Å²) >= 11 is 1.78. The standard InChI is InChI=1S/C31H39NO3S/c1-34-26-16-17-27-28(22-26)36-31(24-10-5-4-6-11-24)29(27)30(33)23-12-14-25(15-13-23)35-21-9-20-32-18-7-2-3-8-19-32/h12-17,22,24H,2-11,18-21H2,1H3. The first-order chi connectivity index (χ1) is 17.7. The molecule has 3 aromatic rings. The van der Waals surface area contributed by atoms with Gasteiger partial charge in [0.15, 0.2) is 5.78 Å². The van der Waals surface area contributed by atoms with E-state index in [0.29, 0.717) is 12.5 Å². The first kappa shape index (κ1) is 25.3. The van der Waals surface area contributed by atoms with Gasteiger partial charge in [-0.2, -0.15) is 0 Å². The van der Waals surface area contributed by atoms with Crippen LogP contribution in [0.15, 0.2) is 42.5 Å². The molecule has 1 aromatic heterocycles. The molecule has 0 unspecified atom stereocenters. The fraction of sp³-hybridized carbons (Fsp3) is 0.516. The molecule has 0 atom stereocenters. The summed E-state index contributed by atoms with van der Waals surface area (Å²) in [6.07, 6.45) is 12.6. The van der Waals surface area contributed by atoms with Crippen molar-refractivity contribution in [2.24, 2.45) is 0 Å². The molecule has 192 valence electrons. The van der Waals surface area contributed by atoms with E-state index in [2.05, 4.69) is 17.0 Å². The van der Waals surface area contributed by atoms with E-state index < -0.39 is 0 Å². The molecule has 2 aliphatic rings. The normalized spacial score (nSPS) is 17.7. The van der Waals surface area contributed by atoms with Gasteiger partial charge in [-0.05, 0) is 93.6 Å². The van der Waals surface area contributed by atoms with Crippen LogP contribution >= 0.6 is 11.3 Å². The largest absolute Gasteiger partial charge is 0.497 e. The van der Waals surface area contributed by atoms with Crippen LogP contribution in [-0.4, -0.2) is 44.0 Å². The van der Waals surface area contributed by atoms with Crippen molar-refractivity contribution in [2.75, 3.05) is 33.4 Å². The molecule has 2 heterocycles. The smallest absolute Gasteiger partial charge is 0.194 e. The van der Waals surface area contributed by atoms with E-state index in [9.17, 15) is 4.79 Å². The van der Waals surface area contributed by atoms with E-state index in [1.54, 1.807) is 18.4 Å². The molecule has 2 aromatic carbocycles. The minimum Gasteiger partial charge on any atom is -0.497 e. The van der Waals surface area contributed by atoms with E-state index in [0.717, 1.165) is 45.7 Å². The van der Waals surface area contributed by atoms with E-state index in [-0.39, 0.29) is 5.78 Å². The zero-order valence-corrected chi connectivity index (χ0v) is 22.4. The molecule has 1 saturated heterocycles. The molecular weight excluding hydrogens is 466 g/mol. The topological polar surface area (TPSA) is 38.8 Å². The van der Waals surface area contributed by atoms with Crippen LogP contribution in [0.1, 0.15) is 90.9 Å². The fourth-order valence-corrected chi connectivity index (χ4v) is 7.19. The van der Waals surface area contributed by atoms with Crippen molar-refractivity contribution in [1.29, 1.82) is 0 Å². The van der Waals surface area contributed by atoms with Crippen LogP contribution < -0.4 is 9.47 Å². The first-order valence-corrected chi connectivity index (χ1v) is 14.6. The summed E-state index contributed by atoms with van der Waals surface area (Å²) in [7, 11) is 1.70. The van der Waals surface area contributed by atoms with Gasteiger partial charge in [-0.25, -0.2) is 0 Å². The van der Waals surface area contributed by atoms with E-state index in [1.165, 1.54) is 75.8 Å². The number of benzene rings is 2. The molecule has 1 aliphatic carbocycles. The van der Waals surface area contributed by atoms with Crippen molar-refractivity contribution < 1.29 is 14.3 Å². The highest BCUT2D eigenvalue weighted by molar-refractivity contribution is 7.19. The average molecular weight is 506 g/mol. The van der Waals surface area contributed by atoms with E-state index in [4.69, 9.17) is 9.47 Å². The van der Waals surface area contributed by atoms with Gasteiger partial charge in [0.2, 0.25) is 0 Å². The molecule has 36 heavy (non-hydrogen) atoms. The number of thiophene rings is 1. The molecule has 0 bridgehead atoms. The number of carbonyl (C=O) groups is 1. The van der Waals surface area contributed by atoms with Crippen LogP contribution in [0, 0.1) is 0 Å². The summed E-state index contributed by atoms with van der Waals surface area (Å²) in [4.78, 5) is 17.7. The predicted octanol–water partition coefficient (Wildman–Crippen LogP) is 7.83. The SMILES string of the molecule is COc1ccc2c(C(=O)c3ccc(OCCCN4CCCCCC4)cc3)c(C3CCCCC3)sc2c1. The minimum atomic E-state index is 0.125. The maximum Gasteiger partial charge on any atom is 0.194 e. The maximum absolute atomic E-state index is 13.8. The molecule has 0 amide bonds. The second kappa shape index (κ2) is 12.2. The third kappa shape index (κ3) is 5.95. The monoisotopic (exact) mass is 505 g/mol. The number of likely N-dealkylation sites (tertiary alicyclic amines) is 1. The van der Waals surface area contributed by atoms with Gasteiger partial charge in [0, 0.05) is 32.6 Å². The van der Waals surface area contributed by atoms with Gasteiger partial charge < -0.3 is 14.4 Å².